The van der Waals surface area contributed by atoms with Gasteiger partial charge in [-0.05, 0) is 5.56 Å². The van der Waals surface area contributed by atoms with Crippen molar-refractivity contribution in [3.8, 4) is 0 Å². The maximum atomic E-state index is 10.9. The zero-order valence-corrected chi connectivity index (χ0v) is 9.56. The van der Waals surface area contributed by atoms with Crippen LogP contribution in [0.5, 0.6) is 0 Å². The van der Waals surface area contributed by atoms with Gasteiger partial charge in [0.25, 0.3) is 0 Å². The van der Waals surface area contributed by atoms with Gasteiger partial charge in [0.05, 0.1) is 19.8 Å². The van der Waals surface area contributed by atoms with Crippen molar-refractivity contribution in [2.75, 3.05) is 13.2 Å². The third-order valence-electron chi connectivity index (χ3n) is 2.08. The maximum Gasteiger partial charge on any atom is 0.216 e. The van der Waals surface area contributed by atoms with Gasteiger partial charge in [-0.1, -0.05) is 30.3 Å². The van der Waals surface area contributed by atoms with Crippen LogP contribution in [0.15, 0.2) is 30.3 Å². The van der Waals surface area contributed by atoms with Crippen molar-refractivity contribution in [3.63, 3.8) is 0 Å². The lowest BCUT2D eigenvalue weighted by Crippen LogP contribution is -2.35. The first kappa shape index (κ1) is 13.1. The molecule has 1 unspecified atom stereocenters. The summed E-state index contributed by atoms with van der Waals surface area (Å²) in [4.78, 5) is 0. The fourth-order valence-electron chi connectivity index (χ4n) is 1.13. The molecule has 6 heteroatoms. The second-order valence-electron chi connectivity index (χ2n) is 3.39. The molecule has 3 N–H and O–H groups in total. The van der Waals surface area contributed by atoms with Crippen LogP contribution in [0, 0.1) is 0 Å². The number of benzene rings is 1. The van der Waals surface area contributed by atoms with Crippen LogP contribution in [-0.4, -0.2) is 32.0 Å². The van der Waals surface area contributed by atoms with Crippen LogP contribution in [0.2, 0.25) is 0 Å². The highest BCUT2D eigenvalue weighted by Gasteiger charge is 2.20. The minimum Gasteiger partial charge on any atom is -0.395 e. The topological polar surface area (TPSA) is 89.6 Å². The molecule has 0 amide bonds. The molecule has 0 aliphatic carbocycles. The van der Waals surface area contributed by atoms with Crippen molar-refractivity contribution in [3.05, 3.63) is 35.9 Å². The van der Waals surface area contributed by atoms with Gasteiger partial charge in [-0.3, -0.25) is 0 Å². The van der Waals surface area contributed by atoms with E-state index in [1.165, 1.54) is 0 Å². The predicted octanol–water partition coefficient (Wildman–Crippen LogP) is -0.147. The van der Waals surface area contributed by atoms with E-state index in [1.807, 2.05) is 30.3 Å². The van der Waals surface area contributed by atoms with E-state index in [1.54, 1.807) is 0 Å². The summed E-state index contributed by atoms with van der Waals surface area (Å²) in [6, 6.07) is 9.34. The maximum absolute atomic E-state index is 10.9. The van der Waals surface area contributed by atoms with Gasteiger partial charge in [0.1, 0.15) is 5.25 Å². The first-order valence-electron chi connectivity index (χ1n) is 4.78. The van der Waals surface area contributed by atoms with Crippen molar-refractivity contribution in [1.82, 2.24) is 0 Å². The molecule has 0 fully saturated rings. The van der Waals surface area contributed by atoms with Crippen molar-refractivity contribution in [2.45, 2.75) is 11.9 Å². The Morgan fingerprint density at radius 3 is 2.44 bits per heavy atom. The zero-order valence-electron chi connectivity index (χ0n) is 8.74. The molecule has 1 rings (SSSR count). The van der Waals surface area contributed by atoms with Gasteiger partial charge in [0.15, 0.2) is 0 Å². The second-order valence-corrected chi connectivity index (χ2v) is 5.24. The van der Waals surface area contributed by atoms with Crippen LogP contribution in [-0.2, 0) is 21.4 Å². The van der Waals surface area contributed by atoms with Crippen LogP contribution in [0.4, 0.5) is 0 Å². The summed E-state index contributed by atoms with van der Waals surface area (Å²) >= 11 is 0. The average Bonchev–Trinajstić information content (AvgIpc) is 2.24. The summed E-state index contributed by atoms with van der Waals surface area (Å²) in [5, 5.41) is 12.7. The SMILES string of the molecule is NS(=O)(=O)C(CO)COCc1ccccc1. The Morgan fingerprint density at radius 2 is 1.94 bits per heavy atom. The Kier molecular flexibility index (Phi) is 4.88. The Hall–Kier alpha value is -0.950. The predicted molar refractivity (Wildman–Crippen MR) is 60.1 cm³/mol. The van der Waals surface area contributed by atoms with Crippen LogP contribution in [0.3, 0.4) is 0 Å². The van der Waals surface area contributed by atoms with Gasteiger partial charge in [0.2, 0.25) is 10.0 Å². The fraction of sp³-hybridized carbons (Fsp3) is 0.400. The minimum absolute atomic E-state index is 0.107. The van der Waals surface area contributed by atoms with Crippen LogP contribution in [0.25, 0.3) is 0 Å². The molecule has 0 radical (unpaired) electrons. The van der Waals surface area contributed by atoms with Crippen molar-refractivity contribution in [2.24, 2.45) is 5.14 Å². The number of hydrogen-bond donors (Lipinski definition) is 2. The zero-order chi connectivity index (χ0) is 12.0. The van der Waals surface area contributed by atoms with E-state index in [9.17, 15) is 8.42 Å². The fourth-order valence-corrected chi connectivity index (χ4v) is 1.63. The number of sulfonamides is 1. The van der Waals surface area contributed by atoms with Gasteiger partial charge >= 0.3 is 0 Å². The highest BCUT2D eigenvalue weighted by molar-refractivity contribution is 7.89. The third kappa shape index (κ3) is 4.28. The molecule has 1 atom stereocenters. The van der Waals surface area contributed by atoms with Crippen molar-refractivity contribution in [1.29, 1.82) is 0 Å². The van der Waals surface area contributed by atoms with Gasteiger partial charge in [-0.2, -0.15) is 0 Å². The normalized spacial score (nSPS) is 13.6. The molecule has 0 heterocycles. The number of aliphatic hydroxyl groups excluding tert-OH is 1. The summed E-state index contributed by atoms with van der Waals surface area (Å²) in [5.41, 5.74) is 0.939. The quantitative estimate of drug-likeness (QED) is 0.729. The number of aliphatic hydroxyl groups is 1. The lowest BCUT2D eigenvalue weighted by Gasteiger charge is -2.12. The molecular formula is C10H15NO4S. The summed E-state index contributed by atoms with van der Waals surface area (Å²) < 4.78 is 27.1. The molecule has 90 valence electrons. The van der Waals surface area contributed by atoms with E-state index in [2.05, 4.69) is 0 Å². The molecule has 0 spiro atoms. The van der Waals surface area contributed by atoms with E-state index >= 15 is 0 Å². The van der Waals surface area contributed by atoms with Gasteiger partial charge in [-0.25, -0.2) is 13.6 Å². The first-order chi connectivity index (χ1) is 7.54. The molecule has 1 aromatic carbocycles. The molecule has 5 nitrogen and oxygen atoms in total. The van der Waals surface area contributed by atoms with E-state index in [0.29, 0.717) is 6.61 Å². The van der Waals surface area contributed by atoms with Gasteiger partial charge < -0.3 is 9.84 Å². The summed E-state index contributed by atoms with van der Waals surface area (Å²) in [5.74, 6) is 0. The van der Waals surface area contributed by atoms with Crippen molar-refractivity contribution >= 4 is 10.0 Å². The molecule has 0 saturated heterocycles. The van der Waals surface area contributed by atoms with E-state index < -0.39 is 21.9 Å². The van der Waals surface area contributed by atoms with E-state index in [4.69, 9.17) is 15.0 Å². The van der Waals surface area contributed by atoms with Crippen LogP contribution < -0.4 is 5.14 Å². The average molecular weight is 245 g/mol. The largest absolute Gasteiger partial charge is 0.395 e. The molecule has 0 saturated carbocycles. The number of primary sulfonamides is 1. The summed E-state index contributed by atoms with van der Waals surface area (Å²) in [6.07, 6.45) is 0. The van der Waals surface area contributed by atoms with Crippen molar-refractivity contribution < 1.29 is 18.3 Å². The first-order valence-corrected chi connectivity index (χ1v) is 6.39. The lowest BCUT2D eigenvalue weighted by atomic mass is 10.2. The number of hydrogen-bond acceptors (Lipinski definition) is 4. The monoisotopic (exact) mass is 245 g/mol. The Labute approximate surface area is 94.9 Å². The van der Waals surface area contributed by atoms with E-state index in [-0.39, 0.29) is 6.61 Å². The van der Waals surface area contributed by atoms with Gasteiger partial charge in [-0.15, -0.1) is 0 Å². The lowest BCUT2D eigenvalue weighted by molar-refractivity contribution is 0.106. The van der Waals surface area contributed by atoms with E-state index in [0.717, 1.165) is 5.56 Å². The van der Waals surface area contributed by atoms with Crippen LogP contribution in [0.1, 0.15) is 5.56 Å². The third-order valence-corrected chi connectivity index (χ3v) is 3.30. The molecule has 0 bridgehead atoms. The number of rotatable bonds is 6. The van der Waals surface area contributed by atoms with Gasteiger partial charge in [0, 0.05) is 0 Å². The highest BCUT2D eigenvalue weighted by atomic mass is 32.2. The minimum atomic E-state index is -3.74. The number of nitrogens with two attached hydrogens (primary N) is 1. The molecule has 0 aliphatic heterocycles. The molecule has 1 aromatic rings. The standard InChI is InChI=1S/C10H15NO4S/c11-16(13,14)10(6-12)8-15-7-9-4-2-1-3-5-9/h1-5,10,12H,6-8H2,(H2,11,13,14). The van der Waals surface area contributed by atoms with Crippen LogP contribution >= 0.6 is 0 Å². The molecular weight excluding hydrogens is 230 g/mol. The Morgan fingerprint density at radius 1 is 1.31 bits per heavy atom. The smallest absolute Gasteiger partial charge is 0.216 e. The Balaban J connectivity index is 2.41. The summed E-state index contributed by atoms with van der Waals surface area (Å²) in [7, 11) is -3.74. The summed E-state index contributed by atoms with van der Waals surface area (Å²) in [6.45, 7) is -0.343. The number of ether oxygens (including phenoxy) is 1. The highest BCUT2D eigenvalue weighted by Crippen LogP contribution is 2.03. The molecule has 16 heavy (non-hydrogen) atoms. The molecule has 0 aromatic heterocycles. The second kappa shape index (κ2) is 5.95. The Bertz CT molecular complexity index is 404. The molecule has 0 aliphatic rings.